The van der Waals surface area contributed by atoms with Crippen LogP contribution in [0.3, 0.4) is 0 Å². The first kappa shape index (κ1) is 21.2. The summed E-state index contributed by atoms with van der Waals surface area (Å²) in [6.07, 6.45) is -2.47. The number of anilines is 1. The van der Waals surface area contributed by atoms with Crippen molar-refractivity contribution >= 4 is 16.6 Å². The SMILES string of the molecule is COc1ccc2c(NC3CCCN(C)C3)nnc(-c3ccc(C(F)(F)F)cc3O)c2c1. The van der Waals surface area contributed by atoms with Gasteiger partial charge in [-0.15, -0.1) is 10.2 Å². The molecule has 2 aromatic carbocycles. The standard InChI is InChI=1S/C22H23F3N4O2/c1-29-9-3-4-14(12-29)26-21-16-8-6-15(31-2)11-18(16)20(27-28-21)17-7-5-13(10-19(17)30)22(23,24)25/h5-8,10-11,14,30H,3-4,9,12H2,1-2H3,(H,26,28). The van der Waals surface area contributed by atoms with Gasteiger partial charge in [0.15, 0.2) is 5.82 Å². The second-order valence-corrected chi connectivity index (χ2v) is 7.78. The molecule has 31 heavy (non-hydrogen) atoms. The van der Waals surface area contributed by atoms with Crippen molar-refractivity contribution in [2.45, 2.75) is 25.1 Å². The quantitative estimate of drug-likeness (QED) is 0.631. The first-order chi connectivity index (χ1) is 14.8. The van der Waals surface area contributed by atoms with Gasteiger partial charge >= 0.3 is 6.18 Å². The summed E-state index contributed by atoms with van der Waals surface area (Å²) in [5, 5.41) is 23.7. The Morgan fingerprint density at radius 3 is 2.61 bits per heavy atom. The summed E-state index contributed by atoms with van der Waals surface area (Å²) in [4.78, 5) is 2.24. The highest BCUT2D eigenvalue weighted by Gasteiger charge is 2.31. The van der Waals surface area contributed by atoms with Gasteiger partial charge in [0.1, 0.15) is 17.2 Å². The smallest absolute Gasteiger partial charge is 0.416 e. The van der Waals surface area contributed by atoms with Gasteiger partial charge in [0.25, 0.3) is 0 Å². The van der Waals surface area contributed by atoms with E-state index >= 15 is 0 Å². The number of phenols is 1. The number of piperidine rings is 1. The molecule has 0 bridgehead atoms. The molecule has 9 heteroatoms. The number of ether oxygens (including phenoxy) is 1. The molecular weight excluding hydrogens is 409 g/mol. The average Bonchev–Trinajstić information content (AvgIpc) is 2.73. The number of nitrogens with one attached hydrogen (secondary N) is 1. The van der Waals surface area contributed by atoms with Gasteiger partial charge in [-0.3, -0.25) is 0 Å². The molecule has 3 aromatic rings. The van der Waals surface area contributed by atoms with Crippen molar-refractivity contribution < 1.29 is 23.0 Å². The van der Waals surface area contributed by atoms with Crippen molar-refractivity contribution in [3.8, 4) is 22.8 Å². The molecule has 2 N–H and O–H groups in total. The molecule has 1 fully saturated rings. The number of hydrogen-bond donors (Lipinski definition) is 2. The van der Waals surface area contributed by atoms with Gasteiger partial charge < -0.3 is 20.1 Å². The van der Waals surface area contributed by atoms with E-state index in [4.69, 9.17) is 4.74 Å². The second-order valence-electron chi connectivity index (χ2n) is 7.78. The fraction of sp³-hybridized carbons (Fsp3) is 0.364. The molecule has 0 aliphatic carbocycles. The first-order valence-corrected chi connectivity index (χ1v) is 9.96. The number of nitrogens with zero attached hydrogens (tertiary/aromatic N) is 3. The van der Waals surface area contributed by atoms with Crippen LogP contribution in [-0.4, -0.2) is 53.5 Å². The molecule has 4 rings (SSSR count). The topological polar surface area (TPSA) is 70.5 Å². The molecule has 164 valence electrons. The second kappa shape index (κ2) is 8.22. The number of rotatable bonds is 4. The Labute approximate surface area is 177 Å². The van der Waals surface area contributed by atoms with Crippen LogP contribution in [0, 0.1) is 0 Å². The van der Waals surface area contributed by atoms with Crippen molar-refractivity contribution in [2.24, 2.45) is 0 Å². The van der Waals surface area contributed by atoms with Crippen LogP contribution in [0.1, 0.15) is 18.4 Å². The summed E-state index contributed by atoms with van der Waals surface area (Å²) in [6, 6.07) is 8.42. The minimum atomic E-state index is -4.55. The molecule has 1 aliphatic rings. The van der Waals surface area contributed by atoms with Gasteiger partial charge in [-0.05, 0) is 62.8 Å². The number of halogens is 3. The molecule has 1 saturated heterocycles. The van der Waals surface area contributed by atoms with Gasteiger partial charge in [0.05, 0.1) is 12.7 Å². The highest BCUT2D eigenvalue weighted by atomic mass is 19.4. The van der Waals surface area contributed by atoms with E-state index in [0.29, 0.717) is 23.0 Å². The highest BCUT2D eigenvalue weighted by molar-refractivity contribution is 6.01. The van der Waals surface area contributed by atoms with E-state index in [1.807, 2.05) is 6.07 Å². The summed E-state index contributed by atoms with van der Waals surface area (Å²) in [5.41, 5.74) is -0.475. The molecule has 0 spiro atoms. The molecule has 6 nitrogen and oxygen atoms in total. The molecule has 0 amide bonds. The minimum Gasteiger partial charge on any atom is -0.507 e. The first-order valence-electron chi connectivity index (χ1n) is 9.96. The predicted octanol–water partition coefficient (Wildman–Crippen LogP) is 4.54. The van der Waals surface area contributed by atoms with Crippen LogP contribution in [0.25, 0.3) is 22.0 Å². The molecule has 1 unspecified atom stereocenters. The number of alkyl halides is 3. The summed E-state index contributed by atoms with van der Waals surface area (Å²) in [7, 11) is 3.60. The lowest BCUT2D eigenvalue weighted by Gasteiger charge is -2.30. The van der Waals surface area contributed by atoms with Crippen molar-refractivity contribution in [1.82, 2.24) is 15.1 Å². The maximum atomic E-state index is 13.0. The van der Waals surface area contributed by atoms with E-state index < -0.39 is 17.5 Å². The third-order valence-corrected chi connectivity index (χ3v) is 5.53. The maximum absolute atomic E-state index is 13.0. The van der Waals surface area contributed by atoms with E-state index in [0.717, 1.165) is 37.4 Å². The van der Waals surface area contributed by atoms with E-state index in [-0.39, 0.29) is 17.3 Å². The number of phenolic OH excluding ortho intramolecular Hbond substituents is 1. The normalized spacial score (nSPS) is 17.6. The number of benzene rings is 2. The van der Waals surface area contributed by atoms with Crippen molar-refractivity contribution in [1.29, 1.82) is 0 Å². The van der Waals surface area contributed by atoms with Crippen LogP contribution in [0.2, 0.25) is 0 Å². The van der Waals surface area contributed by atoms with Gasteiger partial charge in [0.2, 0.25) is 0 Å². The molecule has 1 aliphatic heterocycles. The lowest BCUT2D eigenvalue weighted by molar-refractivity contribution is -0.137. The monoisotopic (exact) mass is 432 g/mol. The predicted molar refractivity (Wildman–Crippen MR) is 112 cm³/mol. The Bertz CT molecular complexity index is 1100. The number of methoxy groups -OCH3 is 1. The average molecular weight is 432 g/mol. The summed E-state index contributed by atoms with van der Waals surface area (Å²) in [5.74, 6) is 0.646. The zero-order valence-corrected chi connectivity index (χ0v) is 17.2. The van der Waals surface area contributed by atoms with E-state index in [9.17, 15) is 18.3 Å². The molecule has 1 aromatic heterocycles. The number of likely N-dealkylation sites (tertiary alicyclic amines) is 1. The van der Waals surface area contributed by atoms with Crippen LogP contribution in [0.15, 0.2) is 36.4 Å². The number of likely N-dealkylation sites (N-methyl/N-ethyl adjacent to an activating group) is 1. The van der Waals surface area contributed by atoms with E-state index in [1.165, 1.54) is 13.2 Å². The van der Waals surface area contributed by atoms with E-state index in [2.05, 4.69) is 27.5 Å². The Hall–Kier alpha value is -3.07. The largest absolute Gasteiger partial charge is 0.507 e. The molecule has 0 saturated carbocycles. The Morgan fingerprint density at radius 2 is 1.94 bits per heavy atom. The Balaban J connectivity index is 1.80. The van der Waals surface area contributed by atoms with Crippen LogP contribution in [0.4, 0.5) is 19.0 Å². The van der Waals surface area contributed by atoms with Gasteiger partial charge in [-0.1, -0.05) is 0 Å². The van der Waals surface area contributed by atoms with Crippen LogP contribution in [-0.2, 0) is 6.18 Å². The van der Waals surface area contributed by atoms with Gasteiger partial charge in [0, 0.05) is 28.9 Å². The lowest BCUT2D eigenvalue weighted by Crippen LogP contribution is -2.40. The zero-order chi connectivity index (χ0) is 22.2. The third-order valence-electron chi connectivity index (χ3n) is 5.53. The number of aromatic hydroxyl groups is 1. The fourth-order valence-corrected chi connectivity index (χ4v) is 3.95. The summed E-state index contributed by atoms with van der Waals surface area (Å²) >= 11 is 0. The summed E-state index contributed by atoms with van der Waals surface area (Å²) in [6.45, 7) is 1.93. The maximum Gasteiger partial charge on any atom is 0.416 e. The van der Waals surface area contributed by atoms with Gasteiger partial charge in [-0.2, -0.15) is 13.2 Å². The Morgan fingerprint density at radius 1 is 1.13 bits per heavy atom. The minimum absolute atomic E-state index is 0.169. The fourth-order valence-electron chi connectivity index (χ4n) is 3.95. The van der Waals surface area contributed by atoms with E-state index in [1.54, 1.807) is 12.1 Å². The van der Waals surface area contributed by atoms with Crippen LogP contribution >= 0.6 is 0 Å². The Kier molecular flexibility index (Phi) is 5.62. The number of fused-ring (bicyclic) bond motifs is 1. The van der Waals surface area contributed by atoms with Crippen molar-refractivity contribution in [3.05, 3.63) is 42.0 Å². The molecule has 2 heterocycles. The van der Waals surface area contributed by atoms with Crippen LogP contribution < -0.4 is 10.1 Å². The summed E-state index contributed by atoms with van der Waals surface area (Å²) < 4.78 is 44.3. The van der Waals surface area contributed by atoms with Crippen molar-refractivity contribution in [3.63, 3.8) is 0 Å². The molecule has 0 radical (unpaired) electrons. The van der Waals surface area contributed by atoms with Crippen molar-refractivity contribution in [2.75, 3.05) is 32.6 Å². The number of hydrogen-bond acceptors (Lipinski definition) is 6. The zero-order valence-electron chi connectivity index (χ0n) is 17.2. The molecule has 1 atom stereocenters. The number of aromatic nitrogens is 2. The molecular formula is C22H23F3N4O2. The third kappa shape index (κ3) is 4.36. The van der Waals surface area contributed by atoms with Gasteiger partial charge in [-0.25, -0.2) is 0 Å². The lowest BCUT2D eigenvalue weighted by atomic mass is 10.0. The highest BCUT2D eigenvalue weighted by Crippen LogP contribution is 2.39. The van der Waals surface area contributed by atoms with Crippen LogP contribution in [0.5, 0.6) is 11.5 Å².